The van der Waals surface area contributed by atoms with Crippen molar-refractivity contribution < 1.29 is 14.0 Å². The zero-order valence-corrected chi connectivity index (χ0v) is 13.8. The fourth-order valence-electron chi connectivity index (χ4n) is 3.29. The van der Waals surface area contributed by atoms with Crippen LogP contribution in [0, 0.1) is 11.7 Å². The zero-order valence-electron chi connectivity index (χ0n) is 13.8. The zero-order chi connectivity index (χ0) is 17.1. The quantitative estimate of drug-likeness (QED) is 0.844. The number of halogens is 1. The van der Waals surface area contributed by atoms with Gasteiger partial charge in [0, 0.05) is 37.2 Å². The Hall–Kier alpha value is -2.37. The summed E-state index contributed by atoms with van der Waals surface area (Å²) in [5.74, 6) is -1.20. The van der Waals surface area contributed by atoms with Crippen molar-refractivity contribution in [3.05, 3.63) is 35.8 Å². The number of carbonyl (C=O) groups is 2. The van der Waals surface area contributed by atoms with E-state index < -0.39 is 5.92 Å². The van der Waals surface area contributed by atoms with E-state index in [2.05, 4.69) is 10.3 Å². The Bertz CT molecular complexity index is 756. The molecule has 1 fully saturated rings. The number of benzene rings is 1. The summed E-state index contributed by atoms with van der Waals surface area (Å²) in [6.07, 6.45) is 4.69. The average Bonchev–Trinajstić information content (AvgIpc) is 2.90. The first kappa shape index (κ1) is 16.5. The van der Waals surface area contributed by atoms with Crippen molar-refractivity contribution >= 4 is 22.7 Å². The van der Waals surface area contributed by atoms with E-state index in [9.17, 15) is 14.0 Å². The number of hydrogen-bond acceptors (Lipinski definition) is 2. The smallest absolute Gasteiger partial charge is 0.234 e. The summed E-state index contributed by atoms with van der Waals surface area (Å²) >= 11 is 0. The molecule has 2 N–H and O–H groups in total. The largest absolute Gasteiger partial charge is 0.361 e. The van der Waals surface area contributed by atoms with Crippen molar-refractivity contribution in [2.75, 3.05) is 20.1 Å². The molecular weight excluding hydrogens is 309 g/mol. The molecule has 5 nitrogen and oxygen atoms in total. The van der Waals surface area contributed by atoms with E-state index in [-0.39, 0.29) is 17.6 Å². The van der Waals surface area contributed by atoms with Gasteiger partial charge in [0.15, 0.2) is 0 Å². The molecule has 24 heavy (non-hydrogen) atoms. The Balaban J connectivity index is 1.61. The fraction of sp³-hybridized carbons (Fsp3) is 0.444. The first-order chi connectivity index (χ1) is 11.6. The highest BCUT2D eigenvalue weighted by atomic mass is 19.1. The molecule has 2 heterocycles. The normalized spacial score (nSPS) is 18.7. The van der Waals surface area contributed by atoms with E-state index in [0.29, 0.717) is 31.3 Å². The van der Waals surface area contributed by atoms with Gasteiger partial charge in [-0.3, -0.25) is 9.59 Å². The van der Waals surface area contributed by atoms with Gasteiger partial charge in [-0.2, -0.15) is 0 Å². The molecule has 6 heteroatoms. The number of H-pyrrole nitrogens is 1. The van der Waals surface area contributed by atoms with Gasteiger partial charge in [-0.15, -0.1) is 0 Å². The first-order valence-electron chi connectivity index (χ1n) is 8.35. The minimum atomic E-state index is -0.600. The lowest BCUT2D eigenvalue weighted by molar-refractivity contribution is -0.140. The molecule has 1 aromatic carbocycles. The van der Waals surface area contributed by atoms with E-state index in [1.807, 2.05) is 6.07 Å². The molecule has 1 aliphatic heterocycles. The van der Waals surface area contributed by atoms with Crippen molar-refractivity contribution in [2.45, 2.75) is 25.7 Å². The van der Waals surface area contributed by atoms with Crippen molar-refractivity contribution in [2.24, 2.45) is 5.92 Å². The van der Waals surface area contributed by atoms with Crippen LogP contribution in [0.5, 0.6) is 0 Å². The maximum absolute atomic E-state index is 13.9. The minimum Gasteiger partial charge on any atom is -0.361 e. The number of hydrogen-bond donors (Lipinski definition) is 2. The maximum atomic E-state index is 13.9. The number of rotatable bonds is 4. The Morgan fingerprint density at radius 1 is 1.42 bits per heavy atom. The predicted octanol–water partition coefficient (Wildman–Crippen LogP) is 2.22. The van der Waals surface area contributed by atoms with Crippen molar-refractivity contribution in [3.8, 4) is 0 Å². The molecule has 0 bridgehead atoms. The van der Waals surface area contributed by atoms with Crippen molar-refractivity contribution in [1.29, 1.82) is 0 Å². The van der Waals surface area contributed by atoms with Gasteiger partial charge in [0.25, 0.3) is 0 Å². The molecule has 0 spiro atoms. The summed E-state index contributed by atoms with van der Waals surface area (Å²) in [6, 6.07) is 4.91. The van der Waals surface area contributed by atoms with Crippen LogP contribution in [0.3, 0.4) is 0 Å². The SMILES string of the molecule is CN1CCCCC(C(=O)NCCc2c[nH]c3cccc(F)c23)C1=O. The molecule has 1 aromatic heterocycles. The highest BCUT2D eigenvalue weighted by molar-refractivity contribution is 6.00. The molecule has 2 amide bonds. The number of nitrogens with zero attached hydrogens (tertiary/aromatic N) is 1. The second-order valence-electron chi connectivity index (χ2n) is 6.33. The van der Waals surface area contributed by atoms with Gasteiger partial charge in [-0.1, -0.05) is 12.5 Å². The van der Waals surface area contributed by atoms with Crippen LogP contribution in [0.1, 0.15) is 24.8 Å². The number of aromatic amines is 1. The van der Waals surface area contributed by atoms with Crippen LogP contribution in [0.4, 0.5) is 4.39 Å². The summed E-state index contributed by atoms with van der Waals surface area (Å²) in [5, 5.41) is 3.40. The molecule has 0 aliphatic carbocycles. The number of amides is 2. The summed E-state index contributed by atoms with van der Waals surface area (Å²) in [7, 11) is 1.74. The van der Waals surface area contributed by atoms with Crippen LogP contribution in [-0.2, 0) is 16.0 Å². The minimum absolute atomic E-state index is 0.108. The number of fused-ring (bicyclic) bond motifs is 1. The molecule has 2 aromatic rings. The first-order valence-corrected chi connectivity index (χ1v) is 8.35. The van der Waals surface area contributed by atoms with E-state index in [4.69, 9.17) is 0 Å². The van der Waals surface area contributed by atoms with E-state index >= 15 is 0 Å². The standard InChI is InChI=1S/C18H22FN3O2/c1-22-10-3-2-5-13(18(22)24)17(23)20-9-8-12-11-21-15-7-4-6-14(19)16(12)15/h4,6-7,11,13,21H,2-3,5,8-10H2,1H3,(H,20,23). The maximum Gasteiger partial charge on any atom is 0.234 e. The van der Waals surface area contributed by atoms with E-state index in [1.165, 1.54) is 6.07 Å². The number of aromatic nitrogens is 1. The number of nitrogens with one attached hydrogen (secondary N) is 2. The Morgan fingerprint density at radius 2 is 2.25 bits per heavy atom. The van der Waals surface area contributed by atoms with E-state index in [0.717, 1.165) is 23.9 Å². The third-order valence-electron chi connectivity index (χ3n) is 4.66. The van der Waals surface area contributed by atoms with E-state index in [1.54, 1.807) is 24.2 Å². The summed E-state index contributed by atoms with van der Waals surface area (Å²) in [4.78, 5) is 29.2. The average molecular weight is 331 g/mol. The van der Waals surface area contributed by atoms with Gasteiger partial charge in [-0.25, -0.2) is 4.39 Å². The van der Waals surface area contributed by atoms with Crippen LogP contribution in [0.2, 0.25) is 0 Å². The fourth-order valence-corrected chi connectivity index (χ4v) is 3.29. The molecular formula is C18H22FN3O2. The topological polar surface area (TPSA) is 65.2 Å². The van der Waals surface area contributed by atoms with Gasteiger partial charge in [0.1, 0.15) is 11.7 Å². The van der Waals surface area contributed by atoms with Gasteiger partial charge >= 0.3 is 0 Å². The molecule has 128 valence electrons. The summed E-state index contributed by atoms with van der Waals surface area (Å²) < 4.78 is 13.9. The summed E-state index contributed by atoms with van der Waals surface area (Å²) in [6.45, 7) is 1.09. The van der Waals surface area contributed by atoms with Gasteiger partial charge in [-0.05, 0) is 37.0 Å². The molecule has 1 atom stereocenters. The van der Waals surface area contributed by atoms with Gasteiger partial charge < -0.3 is 15.2 Å². The lowest BCUT2D eigenvalue weighted by Crippen LogP contribution is -2.41. The van der Waals surface area contributed by atoms with Crippen LogP contribution < -0.4 is 5.32 Å². The second kappa shape index (κ2) is 7.03. The lowest BCUT2D eigenvalue weighted by Gasteiger charge is -2.19. The lowest BCUT2D eigenvalue weighted by atomic mass is 10.0. The molecule has 3 rings (SSSR count). The Labute approximate surface area is 140 Å². The second-order valence-corrected chi connectivity index (χ2v) is 6.33. The number of carbonyl (C=O) groups excluding carboxylic acids is 2. The third kappa shape index (κ3) is 3.27. The Kier molecular flexibility index (Phi) is 4.83. The number of likely N-dealkylation sites (tertiary alicyclic amines) is 1. The van der Waals surface area contributed by atoms with Crippen LogP contribution >= 0.6 is 0 Å². The summed E-state index contributed by atoms with van der Waals surface area (Å²) in [5.41, 5.74) is 1.57. The van der Waals surface area contributed by atoms with Crippen molar-refractivity contribution in [1.82, 2.24) is 15.2 Å². The molecule has 0 radical (unpaired) electrons. The molecule has 1 saturated heterocycles. The third-order valence-corrected chi connectivity index (χ3v) is 4.66. The van der Waals surface area contributed by atoms with Crippen LogP contribution in [-0.4, -0.2) is 41.8 Å². The molecule has 0 saturated carbocycles. The van der Waals surface area contributed by atoms with Gasteiger partial charge in [0.2, 0.25) is 11.8 Å². The van der Waals surface area contributed by atoms with Crippen LogP contribution in [0.25, 0.3) is 10.9 Å². The highest BCUT2D eigenvalue weighted by Crippen LogP contribution is 2.22. The highest BCUT2D eigenvalue weighted by Gasteiger charge is 2.30. The molecule has 1 unspecified atom stereocenters. The van der Waals surface area contributed by atoms with Crippen LogP contribution in [0.15, 0.2) is 24.4 Å². The molecule has 1 aliphatic rings. The monoisotopic (exact) mass is 331 g/mol. The predicted molar refractivity (Wildman–Crippen MR) is 89.9 cm³/mol. The van der Waals surface area contributed by atoms with Crippen molar-refractivity contribution in [3.63, 3.8) is 0 Å². The Morgan fingerprint density at radius 3 is 3.08 bits per heavy atom. The van der Waals surface area contributed by atoms with Gasteiger partial charge in [0.05, 0.1) is 0 Å².